The lowest BCUT2D eigenvalue weighted by Crippen LogP contribution is -2.30. The highest BCUT2D eigenvalue weighted by molar-refractivity contribution is 6.58. The number of nitrogens with zero attached hydrogens (tertiary/aromatic N) is 4. The van der Waals surface area contributed by atoms with Crippen LogP contribution in [0.3, 0.4) is 0 Å². The predicted molar refractivity (Wildman–Crippen MR) is 108 cm³/mol. The van der Waals surface area contributed by atoms with Crippen molar-refractivity contribution in [3.05, 3.63) is 72.3 Å². The fourth-order valence-corrected chi connectivity index (χ4v) is 3.02. The van der Waals surface area contributed by atoms with Gasteiger partial charge in [0.25, 0.3) is 5.91 Å². The average Bonchev–Trinajstić information content (AvgIpc) is 3.17. The van der Waals surface area contributed by atoms with Crippen LogP contribution in [0.2, 0.25) is 0 Å². The van der Waals surface area contributed by atoms with Crippen molar-refractivity contribution in [1.29, 1.82) is 0 Å². The number of aromatic nitrogens is 4. The fraction of sp³-hybridized carbons (Fsp3) is 0.0526. The van der Waals surface area contributed by atoms with Crippen LogP contribution < -0.4 is 16.5 Å². The molecular weight excluding hydrogens is 371 g/mol. The minimum Gasteiger partial charge on any atom is -0.423 e. The summed E-state index contributed by atoms with van der Waals surface area (Å²) in [7, 11) is -1.51. The number of carbonyl (C=O) groups is 1. The molecule has 0 radical (unpaired) electrons. The molecule has 9 nitrogen and oxygen atoms in total. The molecule has 29 heavy (non-hydrogen) atoms. The van der Waals surface area contributed by atoms with E-state index in [1.54, 1.807) is 47.0 Å². The molecule has 144 valence electrons. The zero-order valence-electron chi connectivity index (χ0n) is 15.2. The molecule has 4 aromatic rings. The second-order valence-electron chi connectivity index (χ2n) is 6.36. The third kappa shape index (κ3) is 3.79. The van der Waals surface area contributed by atoms with Gasteiger partial charge in [-0.1, -0.05) is 30.3 Å². The molecule has 5 N–H and O–H groups in total. The molecule has 0 atom stereocenters. The Balaban J connectivity index is 1.60. The van der Waals surface area contributed by atoms with Crippen LogP contribution in [-0.2, 0) is 6.54 Å². The summed E-state index contributed by atoms with van der Waals surface area (Å²) in [6.07, 6.45) is 3.13. The third-order valence-electron chi connectivity index (χ3n) is 4.41. The summed E-state index contributed by atoms with van der Waals surface area (Å²) >= 11 is 0. The van der Waals surface area contributed by atoms with Gasteiger partial charge in [0.05, 0.1) is 5.52 Å². The van der Waals surface area contributed by atoms with Crippen molar-refractivity contribution in [2.75, 3.05) is 5.32 Å². The molecular formula is C19H17BN6O3. The summed E-state index contributed by atoms with van der Waals surface area (Å²) < 4.78 is 1.60. The Morgan fingerprint density at radius 2 is 1.97 bits per heavy atom. The SMILES string of the molecule is NC(=O)c1cccc2c(-c3nccc(NCc4cccc(B(O)O)c4)n3)ncn12. The van der Waals surface area contributed by atoms with Crippen LogP contribution in [0.4, 0.5) is 5.82 Å². The number of benzene rings is 1. The van der Waals surface area contributed by atoms with Crippen molar-refractivity contribution >= 4 is 29.8 Å². The lowest BCUT2D eigenvalue weighted by Gasteiger charge is -2.08. The highest BCUT2D eigenvalue weighted by Crippen LogP contribution is 2.22. The molecule has 0 aliphatic rings. The average molecular weight is 388 g/mol. The van der Waals surface area contributed by atoms with Gasteiger partial charge in [-0.25, -0.2) is 15.0 Å². The van der Waals surface area contributed by atoms with Crippen molar-refractivity contribution in [2.24, 2.45) is 5.73 Å². The van der Waals surface area contributed by atoms with Crippen LogP contribution in [0.1, 0.15) is 16.1 Å². The Morgan fingerprint density at radius 1 is 1.14 bits per heavy atom. The number of hydrogen-bond acceptors (Lipinski definition) is 7. The van der Waals surface area contributed by atoms with Crippen molar-refractivity contribution in [3.8, 4) is 11.5 Å². The topological polar surface area (TPSA) is 139 Å². The summed E-state index contributed by atoms with van der Waals surface area (Å²) in [6, 6.07) is 13.9. The lowest BCUT2D eigenvalue weighted by molar-refractivity contribution is 0.0994. The largest absolute Gasteiger partial charge is 0.488 e. The van der Waals surface area contributed by atoms with E-state index < -0.39 is 13.0 Å². The molecule has 0 spiro atoms. The number of anilines is 1. The second kappa shape index (κ2) is 7.70. The number of amides is 1. The van der Waals surface area contributed by atoms with Crippen LogP contribution >= 0.6 is 0 Å². The number of nitrogens with one attached hydrogen (secondary N) is 1. The summed E-state index contributed by atoms with van der Waals surface area (Å²) in [5.74, 6) is 0.432. The number of carbonyl (C=O) groups excluding carboxylic acids is 1. The summed E-state index contributed by atoms with van der Waals surface area (Å²) in [4.78, 5) is 24.7. The van der Waals surface area contributed by atoms with Crippen LogP contribution in [0.25, 0.3) is 17.0 Å². The van der Waals surface area contributed by atoms with Gasteiger partial charge >= 0.3 is 7.12 Å². The first-order valence-electron chi connectivity index (χ1n) is 8.81. The first-order chi connectivity index (χ1) is 14.0. The molecule has 10 heteroatoms. The van der Waals surface area contributed by atoms with Gasteiger partial charge in [0, 0.05) is 12.7 Å². The Kier molecular flexibility index (Phi) is 4.94. The smallest absolute Gasteiger partial charge is 0.423 e. The minimum absolute atomic E-state index is 0.321. The van der Waals surface area contributed by atoms with Gasteiger partial charge in [0.2, 0.25) is 0 Å². The highest BCUT2D eigenvalue weighted by atomic mass is 16.4. The van der Waals surface area contributed by atoms with Crippen LogP contribution in [0.5, 0.6) is 0 Å². The van der Waals surface area contributed by atoms with Gasteiger partial charge in [-0.05, 0) is 29.2 Å². The van der Waals surface area contributed by atoms with Crippen LogP contribution in [0, 0.1) is 0 Å². The molecule has 3 heterocycles. The van der Waals surface area contributed by atoms with Gasteiger partial charge in [0.1, 0.15) is 23.5 Å². The van der Waals surface area contributed by atoms with E-state index in [9.17, 15) is 14.8 Å². The first kappa shape index (κ1) is 18.6. The molecule has 0 fully saturated rings. The van der Waals surface area contributed by atoms with E-state index in [0.29, 0.717) is 40.6 Å². The highest BCUT2D eigenvalue weighted by Gasteiger charge is 2.14. The van der Waals surface area contributed by atoms with Crippen molar-refractivity contribution < 1.29 is 14.8 Å². The minimum atomic E-state index is -1.51. The maximum absolute atomic E-state index is 11.6. The molecule has 0 saturated heterocycles. The Bertz CT molecular complexity index is 1190. The normalized spacial score (nSPS) is 10.8. The zero-order chi connectivity index (χ0) is 20.4. The van der Waals surface area contributed by atoms with Gasteiger partial charge in [-0.2, -0.15) is 0 Å². The number of nitrogens with two attached hydrogens (primary N) is 1. The number of fused-ring (bicyclic) bond motifs is 1. The predicted octanol–water partition coefficient (Wildman–Crippen LogP) is 0.182. The van der Waals surface area contributed by atoms with Crippen LogP contribution in [-0.4, -0.2) is 42.4 Å². The van der Waals surface area contributed by atoms with Crippen molar-refractivity contribution in [1.82, 2.24) is 19.4 Å². The maximum Gasteiger partial charge on any atom is 0.488 e. The number of rotatable bonds is 6. The van der Waals surface area contributed by atoms with Crippen molar-refractivity contribution in [3.63, 3.8) is 0 Å². The molecule has 0 saturated carbocycles. The van der Waals surface area contributed by atoms with E-state index in [2.05, 4.69) is 20.3 Å². The summed E-state index contributed by atoms with van der Waals surface area (Å²) in [5.41, 5.74) is 8.22. The van der Waals surface area contributed by atoms with E-state index in [-0.39, 0.29) is 0 Å². The number of primary amides is 1. The summed E-state index contributed by atoms with van der Waals surface area (Å²) in [6.45, 7) is 0.437. The summed E-state index contributed by atoms with van der Waals surface area (Å²) in [5, 5.41) is 21.8. The van der Waals surface area contributed by atoms with E-state index in [1.165, 1.54) is 6.33 Å². The molecule has 4 rings (SSSR count). The number of imidazole rings is 1. The van der Waals surface area contributed by atoms with E-state index in [1.807, 2.05) is 12.1 Å². The molecule has 0 bridgehead atoms. The standard InChI is InChI=1S/C19H17BN6O3/c21-18(27)15-6-2-5-14-17(24-11-26(14)15)19-22-8-7-16(25-19)23-10-12-3-1-4-13(9-12)20(28)29/h1-9,11,28-29H,10H2,(H2,21,27)(H,22,23,25). The van der Waals surface area contributed by atoms with Gasteiger partial charge in [-0.3, -0.25) is 9.20 Å². The first-order valence-corrected chi connectivity index (χ1v) is 8.81. The van der Waals surface area contributed by atoms with E-state index in [0.717, 1.165) is 5.56 Å². The van der Waals surface area contributed by atoms with E-state index in [4.69, 9.17) is 5.73 Å². The molecule has 1 aromatic carbocycles. The molecule has 1 amide bonds. The maximum atomic E-state index is 11.6. The molecule has 0 aliphatic carbocycles. The van der Waals surface area contributed by atoms with Crippen LogP contribution in [0.15, 0.2) is 61.1 Å². The van der Waals surface area contributed by atoms with Gasteiger partial charge in [0.15, 0.2) is 5.82 Å². The Labute approximate surface area is 166 Å². The quantitative estimate of drug-likeness (QED) is 0.346. The third-order valence-corrected chi connectivity index (χ3v) is 4.41. The monoisotopic (exact) mass is 388 g/mol. The Hall–Kier alpha value is -3.76. The number of hydrogen-bond donors (Lipinski definition) is 4. The Morgan fingerprint density at radius 3 is 2.76 bits per heavy atom. The molecule has 0 unspecified atom stereocenters. The zero-order valence-corrected chi connectivity index (χ0v) is 15.2. The molecule has 3 aromatic heterocycles. The van der Waals surface area contributed by atoms with E-state index >= 15 is 0 Å². The fourth-order valence-electron chi connectivity index (χ4n) is 3.02. The number of pyridine rings is 1. The second-order valence-corrected chi connectivity index (χ2v) is 6.36. The van der Waals surface area contributed by atoms with Gasteiger partial charge < -0.3 is 21.1 Å². The lowest BCUT2D eigenvalue weighted by atomic mass is 9.80. The van der Waals surface area contributed by atoms with Crippen molar-refractivity contribution in [2.45, 2.75) is 6.54 Å². The molecule has 0 aliphatic heterocycles. The van der Waals surface area contributed by atoms with Gasteiger partial charge in [-0.15, -0.1) is 0 Å².